The minimum Gasteiger partial charge on any atom is -0.496 e. The van der Waals surface area contributed by atoms with Gasteiger partial charge in [0, 0.05) is 17.1 Å². The topological polar surface area (TPSA) is 99.0 Å². The first kappa shape index (κ1) is 21.8. The lowest BCUT2D eigenvalue weighted by atomic mass is 10.1. The van der Waals surface area contributed by atoms with Crippen LogP contribution in [0, 0.1) is 0 Å². The van der Waals surface area contributed by atoms with Crippen molar-refractivity contribution in [1.82, 2.24) is 0 Å². The lowest BCUT2D eigenvalue weighted by Crippen LogP contribution is -2.15. The van der Waals surface area contributed by atoms with Gasteiger partial charge in [-0.25, -0.2) is 0 Å². The van der Waals surface area contributed by atoms with Crippen molar-refractivity contribution in [2.75, 3.05) is 32.0 Å². The summed E-state index contributed by atoms with van der Waals surface area (Å²) in [5, 5.41) is 6.41. The van der Waals surface area contributed by atoms with E-state index in [4.69, 9.17) is 18.6 Å². The number of rotatable bonds is 7. The predicted molar refractivity (Wildman–Crippen MR) is 125 cm³/mol. The molecular formula is C25H22N2O6. The zero-order chi connectivity index (χ0) is 23.4. The molecule has 0 unspecified atom stereocenters. The molecule has 2 amide bonds. The average molecular weight is 446 g/mol. The smallest absolute Gasteiger partial charge is 0.291 e. The molecule has 0 saturated carbocycles. The lowest BCUT2D eigenvalue weighted by Gasteiger charge is -2.15. The van der Waals surface area contributed by atoms with E-state index >= 15 is 0 Å². The lowest BCUT2D eigenvalue weighted by molar-refractivity contribution is 0.0995. The highest BCUT2D eigenvalue weighted by Crippen LogP contribution is 2.32. The summed E-state index contributed by atoms with van der Waals surface area (Å²) >= 11 is 0. The molecule has 8 nitrogen and oxygen atoms in total. The van der Waals surface area contributed by atoms with Gasteiger partial charge >= 0.3 is 0 Å². The van der Waals surface area contributed by atoms with Crippen molar-refractivity contribution in [1.29, 1.82) is 0 Å². The minimum absolute atomic E-state index is 0.180. The van der Waals surface area contributed by atoms with Crippen LogP contribution >= 0.6 is 0 Å². The second-order valence-corrected chi connectivity index (χ2v) is 7.01. The van der Waals surface area contributed by atoms with Crippen LogP contribution in [0.15, 0.2) is 71.1 Å². The number of benzene rings is 3. The third-order valence-electron chi connectivity index (χ3n) is 5.01. The molecule has 0 atom stereocenters. The highest BCUT2D eigenvalue weighted by atomic mass is 16.5. The third-order valence-corrected chi connectivity index (χ3v) is 5.01. The molecule has 0 bridgehead atoms. The number of anilines is 2. The number of carbonyl (C=O) groups is 2. The van der Waals surface area contributed by atoms with Crippen molar-refractivity contribution in [3.8, 4) is 17.2 Å². The van der Waals surface area contributed by atoms with Crippen LogP contribution in [-0.2, 0) is 0 Å². The van der Waals surface area contributed by atoms with Gasteiger partial charge in [0.1, 0.15) is 28.4 Å². The van der Waals surface area contributed by atoms with Crippen LogP contribution in [0.1, 0.15) is 20.9 Å². The second kappa shape index (κ2) is 9.35. The quantitative estimate of drug-likeness (QED) is 0.416. The first-order valence-electron chi connectivity index (χ1n) is 10.0. The Kier molecular flexibility index (Phi) is 6.17. The van der Waals surface area contributed by atoms with E-state index in [0.29, 0.717) is 34.2 Å². The average Bonchev–Trinajstić information content (AvgIpc) is 3.28. The fourth-order valence-corrected chi connectivity index (χ4v) is 3.42. The SMILES string of the molecule is COc1cc(NC(=O)c2c(OC)cccc2OC)ccc1NC(=O)c1cc2ccccc2o1. The number of nitrogens with one attached hydrogen (secondary N) is 2. The molecule has 33 heavy (non-hydrogen) atoms. The van der Waals surface area contributed by atoms with Gasteiger partial charge in [0.25, 0.3) is 11.8 Å². The van der Waals surface area contributed by atoms with Crippen LogP contribution in [-0.4, -0.2) is 33.1 Å². The maximum atomic E-state index is 12.9. The van der Waals surface area contributed by atoms with E-state index in [1.165, 1.54) is 21.3 Å². The molecule has 2 N–H and O–H groups in total. The summed E-state index contributed by atoms with van der Waals surface area (Å²) in [6, 6.07) is 19.0. The molecule has 3 aromatic carbocycles. The highest BCUT2D eigenvalue weighted by molar-refractivity contribution is 6.09. The molecule has 1 aromatic heterocycles. The molecule has 0 aliphatic heterocycles. The monoisotopic (exact) mass is 446 g/mol. The van der Waals surface area contributed by atoms with Gasteiger partial charge in [-0.3, -0.25) is 9.59 Å². The molecule has 0 radical (unpaired) electrons. The van der Waals surface area contributed by atoms with E-state index < -0.39 is 11.8 Å². The number of hydrogen-bond acceptors (Lipinski definition) is 6. The maximum absolute atomic E-state index is 12.9. The summed E-state index contributed by atoms with van der Waals surface area (Å²) < 4.78 is 21.6. The van der Waals surface area contributed by atoms with Crippen LogP contribution < -0.4 is 24.8 Å². The van der Waals surface area contributed by atoms with Gasteiger partial charge in [0.2, 0.25) is 0 Å². The first-order chi connectivity index (χ1) is 16.0. The maximum Gasteiger partial charge on any atom is 0.291 e. The molecule has 0 aliphatic rings. The Hall–Kier alpha value is -4.46. The van der Waals surface area contributed by atoms with E-state index in [1.807, 2.05) is 18.2 Å². The molecule has 8 heteroatoms. The van der Waals surface area contributed by atoms with Crippen molar-refractivity contribution in [3.05, 3.63) is 78.1 Å². The summed E-state index contributed by atoms with van der Waals surface area (Å²) in [5.41, 5.74) is 1.78. The van der Waals surface area contributed by atoms with E-state index in [-0.39, 0.29) is 11.3 Å². The zero-order valence-corrected chi connectivity index (χ0v) is 18.3. The van der Waals surface area contributed by atoms with Gasteiger partial charge in [-0.2, -0.15) is 0 Å². The van der Waals surface area contributed by atoms with E-state index in [9.17, 15) is 9.59 Å². The molecule has 0 aliphatic carbocycles. The normalized spacial score (nSPS) is 10.5. The van der Waals surface area contributed by atoms with Gasteiger partial charge in [0.15, 0.2) is 5.76 Å². The Balaban J connectivity index is 1.55. The Morgan fingerprint density at radius 2 is 1.42 bits per heavy atom. The second-order valence-electron chi connectivity index (χ2n) is 7.01. The van der Waals surface area contributed by atoms with Gasteiger partial charge in [-0.05, 0) is 36.4 Å². The molecule has 4 rings (SSSR count). The molecular weight excluding hydrogens is 424 g/mol. The standard InChI is InChI=1S/C25H22N2O6/c1-30-19-9-6-10-20(31-2)23(19)25(29)26-16-11-12-17(21(14-16)32-3)27-24(28)22-13-15-7-4-5-8-18(15)33-22/h4-14H,1-3H3,(H,26,29)(H,27,28). The molecule has 4 aromatic rings. The number of amides is 2. The van der Waals surface area contributed by atoms with Crippen LogP contribution in [0.3, 0.4) is 0 Å². The van der Waals surface area contributed by atoms with Gasteiger partial charge < -0.3 is 29.3 Å². The highest BCUT2D eigenvalue weighted by Gasteiger charge is 2.19. The van der Waals surface area contributed by atoms with Crippen molar-refractivity contribution in [3.63, 3.8) is 0 Å². The number of methoxy groups -OCH3 is 3. The summed E-state index contributed by atoms with van der Waals surface area (Å²) in [6.07, 6.45) is 0. The van der Waals surface area contributed by atoms with Crippen LogP contribution in [0.2, 0.25) is 0 Å². The van der Waals surface area contributed by atoms with Gasteiger partial charge in [0.05, 0.1) is 27.0 Å². The number of carbonyl (C=O) groups excluding carboxylic acids is 2. The number of furan rings is 1. The van der Waals surface area contributed by atoms with Gasteiger partial charge in [-0.1, -0.05) is 24.3 Å². The molecule has 168 valence electrons. The van der Waals surface area contributed by atoms with Crippen molar-refractivity contribution in [2.24, 2.45) is 0 Å². The van der Waals surface area contributed by atoms with Crippen molar-refractivity contribution >= 4 is 34.2 Å². The van der Waals surface area contributed by atoms with E-state index in [0.717, 1.165) is 5.39 Å². The molecule has 0 saturated heterocycles. The predicted octanol–water partition coefficient (Wildman–Crippen LogP) is 4.96. The molecule has 0 spiro atoms. The third kappa shape index (κ3) is 4.45. The van der Waals surface area contributed by atoms with Crippen LogP contribution in [0.25, 0.3) is 11.0 Å². The number of fused-ring (bicyclic) bond motifs is 1. The van der Waals surface area contributed by atoms with Crippen LogP contribution in [0.4, 0.5) is 11.4 Å². The molecule has 1 heterocycles. The van der Waals surface area contributed by atoms with Crippen LogP contribution in [0.5, 0.6) is 17.2 Å². The Bertz CT molecular complexity index is 1270. The van der Waals surface area contributed by atoms with E-state index in [1.54, 1.807) is 48.5 Å². The number of para-hydroxylation sites is 1. The summed E-state index contributed by atoms with van der Waals surface area (Å²) in [7, 11) is 4.43. The van der Waals surface area contributed by atoms with Crippen molar-refractivity contribution in [2.45, 2.75) is 0 Å². The number of hydrogen-bond donors (Lipinski definition) is 2. The molecule has 0 fully saturated rings. The van der Waals surface area contributed by atoms with E-state index in [2.05, 4.69) is 10.6 Å². The summed E-state index contributed by atoms with van der Waals surface area (Å²) in [4.78, 5) is 25.6. The summed E-state index contributed by atoms with van der Waals surface area (Å²) in [6.45, 7) is 0. The summed E-state index contributed by atoms with van der Waals surface area (Å²) in [5.74, 6) is 0.482. The number of ether oxygens (including phenoxy) is 3. The first-order valence-corrected chi connectivity index (χ1v) is 10.0. The largest absolute Gasteiger partial charge is 0.496 e. The Labute approximate surface area is 190 Å². The van der Waals surface area contributed by atoms with Gasteiger partial charge in [-0.15, -0.1) is 0 Å². The minimum atomic E-state index is -0.417. The fraction of sp³-hybridized carbons (Fsp3) is 0.120. The Morgan fingerprint density at radius 1 is 0.727 bits per heavy atom. The zero-order valence-electron chi connectivity index (χ0n) is 18.3. The van der Waals surface area contributed by atoms with Crippen molar-refractivity contribution < 1.29 is 28.2 Å². The Morgan fingerprint density at radius 3 is 2.09 bits per heavy atom. The fourth-order valence-electron chi connectivity index (χ4n) is 3.42.